The van der Waals surface area contributed by atoms with Crippen molar-refractivity contribution in [3.8, 4) is 22.9 Å². The number of likely N-dealkylation sites (tertiary alicyclic amines) is 1. The molecule has 1 aromatic carbocycles. The van der Waals surface area contributed by atoms with Crippen molar-refractivity contribution in [2.24, 2.45) is 0 Å². The van der Waals surface area contributed by atoms with Gasteiger partial charge in [-0.25, -0.2) is 0 Å². The second-order valence-electron chi connectivity index (χ2n) is 6.34. The number of carbonyl (C=O) groups excluding carboxylic acids is 1. The van der Waals surface area contributed by atoms with Crippen LogP contribution in [0.25, 0.3) is 11.4 Å². The van der Waals surface area contributed by atoms with E-state index in [1.807, 2.05) is 0 Å². The fraction of sp³-hybridized carbons (Fsp3) is 0.222. The van der Waals surface area contributed by atoms with E-state index in [0.717, 1.165) is 0 Å². The second-order valence-corrected chi connectivity index (χ2v) is 6.34. The Morgan fingerprint density at radius 3 is 2.89 bits per heavy atom. The molecule has 9 nitrogen and oxygen atoms in total. The smallest absolute Gasteiger partial charge is 0.259 e. The molecule has 3 aromatic rings. The van der Waals surface area contributed by atoms with Crippen LogP contribution in [-0.2, 0) is 0 Å². The van der Waals surface area contributed by atoms with E-state index in [2.05, 4.69) is 15.1 Å². The van der Waals surface area contributed by atoms with Gasteiger partial charge in [-0.3, -0.25) is 9.59 Å². The number of amides is 1. The van der Waals surface area contributed by atoms with Gasteiger partial charge in [0.15, 0.2) is 11.5 Å². The molecule has 0 saturated carbocycles. The van der Waals surface area contributed by atoms with Crippen LogP contribution in [0.4, 0.5) is 0 Å². The number of nitrogens with zero attached hydrogens (tertiary/aromatic N) is 3. The second kappa shape index (κ2) is 5.97. The van der Waals surface area contributed by atoms with Crippen LogP contribution < -0.4 is 15.0 Å². The first-order valence-corrected chi connectivity index (χ1v) is 8.39. The van der Waals surface area contributed by atoms with Gasteiger partial charge in [0.2, 0.25) is 18.5 Å². The molecule has 0 bridgehead atoms. The van der Waals surface area contributed by atoms with Crippen molar-refractivity contribution in [1.29, 1.82) is 0 Å². The highest BCUT2D eigenvalue weighted by Gasteiger charge is 2.36. The summed E-state index contributed by atoms with van der Waals surface area (Å²) in [4.78, 5) is 33.0. The van der Waals surface area contributed by atoms with Gasteiger partial charge in [-0.1, -0.05) is 5.16 Å². The zero-order chi connectivity index (χ0) is 18.4. The molecule has 9 heteroatoms. The normalized spacial score (nSPS) is 15.6. The van der Waals surface area contributed by atoms with E-state index in [4.69, 9.17) is 14.0 Å². The topological polar surface area (TPSA) is 111 Å². The number of aromatic nitrogens is 3. The minimum atomic E-state index is -0.280. The van der Waals surface area contributed by atoms with Gasteiger partial charge in [-0.05, 0) is 30.3 Å². The molecule has 1 N–H and O–H groups in total. The summed E-state index contributed by atoms with van der Waals surface area (Å²) in [5, 5.41) is 3.88. The Hall–Kier alpha value is -3.62. The van der Waals surface area contributed by atoms with Crippen LogP contribution in [0.1, 0.15) is 22.2 Å². The van der Waals surface area contributed by atoms with E-state index in [1.54, 1.807) is 41.4 Å². The summed E-state index contributed by atoms with van der Waals surface area (Å²) in [5.74, 6) is 1.74. The molecule has 4 heterocycles. The Morgan fingerprint density at radius 2 is 2.04 bits per heavy atom. The highest BCUT2D eigenvalue weighted by molar-refractivity contribution is 5.95. The standard InChI is InChI=1S/C18H14N4O5/c23-16-12(2-1-5-19-16)15-20-17(27-21-15)11-7-22(8-11)18(24)10-3-4-13-14(6-10)26-9-25-13/h1-6,11H,7-9H2,(H,19,23). The fourth-order valence-electron chi connectivity index (χ4n) is 3.12. The summed E-state index contributed by atoms with van der Waals surface area (Å²) in [7, 11) is 0. The Labute approximate surface area is 152 Å². The first-order valence-electron chi connectivity index (χ1n) is 8.39. The number of fused-ring (bicyclic) bond motifs is 1. The predicted octanol–water partition coefficient (Wildman–Crippen LogP) is 1.39. The van der Waals surface area contributed by atoms with Crippen LogP contribution in [0.15, 0.2) is 45.8 Å². The molecule has 0 atom stereocenters. The average Bonchev–Trinajstić information content (AvgIpc) is 3.29. The van der Waals surface area contributed by atoms with E-state index in [-0.39, 0.29) is 30.0 Å². The van der Waals surface area contributed by atoms with Gasteiger partial charge < -0.3 is 23.9 Å². The van der Waals surface area contributed by atoms with Crippen LogP contribution in [0.5, 0.6) is 11.5 Å². The summed E-state index contributed by atoms with van der Waals surface area (Å²) in [6.07, 6.45) is 1.54. The fourth-order valence-corrected chi connectivity index (χ4v) is 3.12. The van der Waals surface area contributed by atoms with Crippen LogP contribution in [0.2, 0.25) is 0 Å². The first kappa shape index (κ1) is 15.6. The third-order valence-corrected chi connectivity index (χ3v) is 4.64. The van der Waals surface area contributed by atoms with E-state index in [9.17, 15) is 9.59 Å². The SMILES string of the molecule is O=C(c1ccc2c(c1)OCO2)N1CC(c2nc(-c3ccc[nH]c3=O)no2)C1. The largest absolute Gasteiger partial charge is 0.454 e. The van der Waals surface area contributed by atoms with Gasteiger partial charge in [-0.15, -0.1) is 0 Å². The maximum Gasteiger partial charge on any atom is 0.259 e. The van der Waals surface area contributed by atoms with Crippen molar-refractivity contribution in [2.75, 3.05) is 19.9 Å². The molecule has 2 aliphatic rings. The number of hydrogen-bond acceptors (Lipinski definition) is 7. The van der Waals surface area contributed by atoms with Crippen molar-refractivity contribution in [2.45, 2.75) is 5.92 Å². The highest BCUT2D eigenvalue weighted by atomic mass is 16.7. The number of aromatic amines is 1. The minimum absolute atomic E-state index is 0.0491. The van der Waals surface area contributed by atoms with Crippen LogP contribution in [-0.4, -0.2) is 45.8 Å². The molecule has 0 spiro atoms. The van der Waals surface area contributed by atoms with Crippen molar-refractivity contribution in [1.82, 2.24) is 20.0 Å². The molecule has 5 rings (SSSR count). The Morgan fingerprint density at radius 1 is 1.19 bits per heavy atom. The number of pyridine rings is 1. The minimum Gasteiger partial charge on any atom is -0.454 e. The number of ether oxygens (including phenoxy) is 2. The number of rotatable bonds is 3. The van der Waals surface area contributed by atoms with E-state index in [0.29, 0.717) is 41.6 Å². The molecule has 1 fully saturated rings. The number of nitrogens with one attached hydrogen (secondary N) is 1. The molecule has 0 unspecified atom stereocenters. The lowest BCUT2D eigenvalue weighted by Crippen LogP contribution is -2.48. The Balaban J connectivity index is 1.28. The molecule has 2 aromatic heterocycles. The van der Waals surface area contributed by atoms with Gasteiger partial charge in [-0.2, -0.15) is 4.98 Å². The van der Waals surface area contributed by atoms with Crippen molar-refractivity contribution < 1.29 is 18.8 Å². The van der Waals surface area contributed by atoms with E-state index in [1.165, 1.54) is 0 Å². The third kappa shape index (κ3) is 2.64. The van der Waals surface area contributed by atoms with Crippen LogP contribution >= 0.6 is 0 Å². The summed E-state index contributed by atoms with van der Waals surface area (Å²) < 4.78 is 15.9. The quantitative estimate of drug-likeness (QED) is 0.746. The average molecular weight is 366 g/mol. The Kier molecular flexibility index (Phi) is 3.46. The van der Waals surface area contributed by atoms with Crippen molar-refractivity contribution in [3.63, 3.8) is 0 Å². The molecule has 2 aliphatic heterocycles. The molecule has 27 heavy (non-hydrogen) atoms. The molecule has 0 aliphatic carbocycles. The summed E-state index contributed by atoms with van der Waals surface area (Å²) in [5.41, 5.74) is 0.609. The zero-order valence-corrected chi connectivity index (χ0v) is 14.0. The molecule has 0 radical (unpaired) electrons. The van der Waals surface area contributed by atoms with Crippen LogP contribution in [0, 0.1) is 0 Å². The molecule has 1 amide bonds. The lowest BCUT2D eigenvalue weighted by Gasteiger charge is -2.37. The highest BCUT2D eigenvalue weighted by Crippen LogP contribution is 2.34. The van der Waals surface area contributed by atoms with Gasteiger partial charge >= 0.3 is 0 Å². The maximum absolute atomic E-state index is 12.6. The van der Waals surface area contributed by atoms with Crippen molar-refractivity contribution in [3.05, 3.63) is 58.3 Å². The molecule has 1 saturated heterocycles. The van der Waals surface area contributed by atoms with Crippen LogP contribution in [0.3, 0.4) is 0 Å². The number of benzene rings is 1. The number of hydrogen-bond donors (Lipinski definition) is 1. The number of carbonyl (C=O) groups is 1. The zero-order valence-electron chi connectivity index (χ0n) is 14.0. The first-order chi connectivity index (χ1) is 13.2. The summed E-state index contributed by atoms with van der Waals surface area (Å²) in [6, 6.07) is 8.46. The molecular weight excluding hydrogens is 352 g/mol. The van der Waals surface area contributed by atoms with Gasteiger partial charge in [0, 0.05) is 24.8 Å². The van der Waals surface area contributed by atoms with E-state index >= 15 is 0 Å². The summed E-state index contributed by atoms with van der Waals surface area (Å²) in [6.45, 7) is 1.11. The molecule has 136 valence electrons. The van der Waals surface area contributed by atoms with Gasteiger partial charge in [0.05, 0.1) is 11.5 Å². The lowest BCUT2D eigenvalue weighted by atomic mass is 9.98. The molecular formula is C18H14N4O5. The number of H-pyrrole nitrogens is 1. The lowest BCUT2D eigenvalue weighted by molar-refractivity contribution is 0.0569. The van der Waals surface area contributed by atoms with Gasteiger partial charge in [0.1, 0.15) is 0 Å². The monoisotopic (exact) mass is 366 g/mol. The summed E-state index contributed by atoms with van der Waals surface area (Å²) >= 11 is 0. The van der Waals surface area contributed by atoms with Crippen molar-refractivity contribution >= 4 is 5.91 Å². The predicted molar refractivity (Wildman–Crippen MR) is 91.6 cm³/mol. The Bertz CT molecular complexity index is 1080. The van der Waals surface area contributed by atoms with Gasteiger partial charge in [0.25, 0.3) is 11.5 Å². The van der Waals surface area contributed by atoms with E-state index < -0.39 is 0 Å². The maximum atomic E-state index is 12.6. The third-order valence-electron chi connectivity index (χ3n) is 4.64.